The van der Waals surface area contributed by atoms with E-state index in [1.54, 1.807) is 31.2 Å². The van der Waals surface area contributed by atoms with Crippen molar-refractivity contribution >= 4 is 17.5 Å². The highest BCUT2D eigenvalue weighted by molar-refractivity contribution is 6.30. The molecule has 1 amide bonds. The van der Waals surface area contributed by atoms with Crippen LogP contribution >= 0.6 is 11.6 Å². The third kappa shape index (κ3) is 4.47. The third-order valence-corrected chi connectivity index (χ3v) is 3.62. The van der Waals surface area contributed by atoms with Crippen LogP contribution in [0.15, 0.2) is 24.3 Å². The van der Waals surface area contributed by atoms with Gasteiger partial charge in [0.15, 0.2) is 0 Å². The molecule has 0 aliphatic carbocycles. The van der Waals surface area contributed by atoms with Crippen LogP contribution in [0.1, 0.15) is 31.9 Å². The van der Waals surface area contributed by atoms with Crippen molar-refractivity contribution < 1.29 is 9.90 Å². The average Bonchev–Trinajstić information content (AvgIpc) is 2.39. The van der Waals surface area contributed by atoms with Gasteiger partial charge in [-0.15, -0.1) is 0 Å². The van der Waals surface area contributed by atoms with Crippen molar-refractivity contribution in [3.63, 3.8) is 0 Å². The number of hydrogen-bond acceptors (Lipinski definition) is 3. The minimum Gasteiger partial charge on any atom is -0.386 e. The molecule has 0 aliphatic heterocycles. The summed E-state index contributed by atoms with van der Waals surface area (Å²) in [5, 5.41) is 13.7. The number of halogens is 1. The highest BCUT2D eigenvalue weighted by Gasteiger charge is 2.23. The quantitative estimate of drug-likeness (QED) is 0.847. The molecule has 0 fully saturated rings. The number of nitrogens with one attached hydrogen (secondary N) is 1. The highest BCUT2D eigenvalue weighted by atomic mass is 35.5. The van der Waals surface area contributed by atoms with Gasteiger partial charge in [0, 0.05) is 5.02 Å². The predicted molar refractivity (Wildman–Crippen MR) is 81.8 cm³/mol. The zero-order valence-electron chi connectivity index (χ0n) is 12.4. The molecule has 1 rings (SSSR count). The smallest absolute Gasteiger partial charge is 0.237 e. The van der Waals surface area contributed by atoms with Crippen LogP contribution in [0.25, 0.3) is 0 Å². The van der Waals surface area contributed by atoms with E-state index in [-0.39, 0.29) is 18.0 Å². The van der Waals surface area contributed by atoms with Crippen molar-refractivity contribution in [1.29, 1.82) is 0 Å². The lowest BCUT2D eigenvalue weighted by Crippen LogP contribution is -2.47. The number of likely N-dealkylation sites (N-methyl/N-ethyl adjacent to an activating group) is 1. The summed E-state index contributed by atoms with van der Waals surface area (Å²) in [5.41, 5.74) is 0.736. The van der Waals surface area contributed by atoms with Gasteiger partial charge in [-0.25, -0.2) is 0 Å². The molecule has 0 aliphatic rings. The molecule has 0 bridgehead atoms. The summed E-state index contributed by atoms with van der Waals surface area (Å²) in [5.74, 6) is -0.0713. The summed E-state index contributed by atoms with van der Waals surface area (Å²) in [6.45, 7) is 3.75. The molecular formula is C15H23ClN2O2. The molecule has 0 heterocycles. The van der Waals surface area contributed by atoms with Crippen molar-refractivity contribution in [2.45, 2.75) is 38.5 Å². The second kappa shape index (κ2) is 7.62. The van der Waals surface area contributed by atoms with Crippen LogP contribution < -0.4 is 5.32 Å². The molecule has 1 aromatic rings. The summed E-state index contributed by atoms with van der Waals surface area (Å²) in [6, 6.07) is 6.43. The minimum absolute atomic E-state index is 0.0713. The van der Waals surface area contributed by atoms with E-state index < -0.39 is 6.10 Å². The molecule has 1 aromatic carbocycles. The third-order valence-electron chi connectivity index (χ3n) is 3.37. The van der Waals surface area contributed by atoms with Gasteiger partial charge in [0.05, 0.1) is 18.2 Å². The first-order valence-corrected chi connectivity index (χ1v) is 7.15. The maximum absolute atomic E-state index is 12.1. The number of rotatable bonds is 6. The van der Waals surface area contributed by atoms with Crippen molar-refractivity contribution in [1.82, 2.24) is 10.2 Å². The van der Waals surface area contributed by atoms with Gasteiger partial charge in [0.1, 0.15) is 0 Å². The number of aliphatic hydroxyl groups is 1. The fourth-order valence-corrected chi connectivity index (χ4v) is 2.26. The van der Waals surface area contributed by atoms with Crippen LogP contribution in [0.2, 0.25) is 5.02 Å². The fourth-order valence-electron chi connectivity index (χ4n) is 2.13. The summed E-state index contributed by atoms with van der Waals surface area (Å²) in [7, 11) is 3.74. The highest BCUT2D eigenvalue weighted by Crippen LogP contribution is 2.19. The Hall–Kier alpha value is -1.10. The zero-order chi connectivity index (χ0) is 15.3. The van der Waals surface area contributed by atoms with Crippen molar-refractivity contribution in [2.75, 3.05) is 14.1 Å². The topological polar surface area (TPSA) is 52.6 Å². The Labute approximate surface area is 125 Å². The molecule has 0 spiro atoms. The van der Waals surface area contributed by atoms with Crippen LogP contribution in [-0.2, 0) is 4.79 Å². The second-order valence-electron chi connectivity index (χ2n) is 5.18. The van der Waals surface area contributed by atoms with E-state index in [9.17, 15) is 9.90 Å². The van der Waals surface area contributed by atoms with E-state index in [4.69, 9.17) is 11.6 Å². The Balaban J connectivity index is 2.68. The average molecular weight is 299 g/mol. The fraction of sp³-hybridized carbons (Fsp3) is 0.533. The standard InChI is InChI=1S/C15H23ClN2O2/c1-5-13(18(3)4)15(20)17-10(2)14(19)11-6-8-12(16)9-7-11/h6-10,13-14,19H,5H2,1-4H3,(H,17,20). The van der Waals surface area contributed by atoms with E-state index in [0.717, 1.165) is 12.0 Å². The largest absolute Gasteiger partial charge is 0.386 e. The molecule has 0 radical (unpaired) electrons. The Bertz CT molecular complexity index is 434. The Morgan fingerprint density at radius 2 is 1.90 bits per heavy atom. The van der Waals surface area contributed by atoms with Gasteiger partial charge in [-0.1, -0.05) is 30.7 Å². The number of hydrogen-bond donors (Lipinski definition) is 2. The molecule has 112 valence electrons. The molecule has 0 saturated heterocycles. The molecule has 0 saturated carbocycles. The summed E-state index contributed by atoms with van der Waals surface area (Å²) in [6.07, 6.45) is -0.0290. The predicted octanol–water partition coefficient (Wildman–Crippen LogP) is 2.22. The van der Waals surface area contributed by atoms with Crippen molar-refractivity contribution in [2.24, 2.45) is 0 Å². The van der Waals surface area contributed by atoms with Crippen LogP contribution in [0.5, 0.6) is 0 Å². The normalized spacial score (nSPS) is 15.8. The number of carbonyl (C=O) groups excluding carboxylic acids is 1. The molecule has 20 heavy (non-hydrogen) atoms. The summed E-state index contributed by atoms with van der Waals surface area (Å²) < 4.78 is 0. The van der Waals surface area contributed by atoms with Gasteiger partial charge >= 0.3 is 0 Å². The number of carbonyl (C=O) groups is 1. The first-order chi connectivity index (χ1) is 9.36. The summed E-state index contributed by atoms with van der Waals surface area (Å²) >= 11 is 5.82. The van der Waals surface area contributed by atoms with Crippen LogP contribution in [-0.4, -0.2) is 42.1 Å². The van der Waals surface area contributed by atoms with E-state index in [2.05, 4.69) is 5.32 Å². The first-order valence-electron chi connectivity index (χ1n) is 6.77. The van der Waals surface area contributed by atoms with Gasteiger partial charge in [-0.2, -0.15) is 0 Å². The minimum atomic E-state index is -0.754. The lowest BCUT2D eigenvalue weighted by molar-refractivity contribution is -0.127. The lowest BCUT2D eigenvalue weighted by Gasteiger charge is -2.26. The van der Waals surface area contributed by atoms with Gasteiger partial charge in [-0.3, -0.25) is 9.69 Å². The van der Waals surface area contributed by atoms with Crippen LogP contribution in [0.3, 0.4) is 0 Å². The summed E-state index contributed by atoms with van der Waals surface area (Å²) in [4.78, 5) is 14.0. The van der Waals surface area contributed by atoms with Gasteiger partial charge in [0.25, 0.3) is 0 Å². The SMILES string of the molecule is CCC(C(=O)NC(C)C(O)c1ccc(Cl)cc1)N(C)C. The number of aliphatic hydroxyl groups excluding tert-OH is 1. The second-order valence-corrected chi connectivity index (χ2v) is 5.62. The monoisotopic (exact) mass is 298 g/mol. The first kappa shape index (κ1) is 17.0. The van der Waals surface area contributed by atoms with Gasteiger partial charge in [-0.05, 0) is 45.1 Å². The molecule has 2 N–H and O–H groups in total. The molecule has 0 aromatic heterocycles. The number of nitrogens with zero attached hydrogens (tertiary/aromatic N) is 1. The molecular weight excluding hydrogens is 276 g/mol. The maximum atomic E-state index is 12.1. The van der Waals surface area contributed by atoms with E-state index in [1.807, 2.05) is 25.9 Å². The van der Waals surface area contributed by atoms with Crippen molar-refractivity contribution in [3.8, 4) is 0 Å². The Morgan fingerprint density at radius 1 is 1.35 bits per heavy atom. The van der Waals surface area contributed by atoms with E-state index in [0.29, 0.717) is 5.02 Å². The Morgan fingerprint density at radius 3 is 2.35 bits per heavy atom. The number of amides is 1. The molecule has 4 nitrogen and oxygen atoms in total. The molecule has 3 unspecified atom stereocenters. The van der Waals surface area contributed by atoms with Gasteiger partial charge in [0.2, 0.25) is 5.91 Å². The lowest BCUT2D eigenvalue weighted by atomic mass is 10.0. The number of benzene rings is 1. The molecule has 5 heteroatoms. The van der Waals surface area contributed by atoms with E-state index in [1.165, 1.54) is 0 Å². The van der Waals surface area contributed by atoms with Crippen LogP contribution in [0, 0.1) is 0 Å². The van der Waals surface area contributed by atoms with Crippen molar-refractivity contribution in [3.05, 3.63) is 34.9 Å². The van der Waals surface area contributed by atoms with E-state index >= 15 is 0 Å². The Kier molecular flexibility index (Phi) is 6.46. The van der Waals surface area contributed by atoms with Crippen LogP contribution in [0.4, 0.5) is 0 Å². The van der Waals surface area contributed by atoms with Gasteiger partial charge < -0.3 is 10.4 Å². The molecule has 3 atom stereocenters. The maximum Gasteiger partial charge on any atom is 0.237 e. The zero-order valence-corrected chi connectivity index (χ0v) is 13.2.